The number of aliphatic carboxylic acids is 1. The fourth-order valence-electron chi connectivity index (χ4n) is 5.83. The summed E-state index contributed by atoms with van der Waals surface area (Å²) in [6.07, 6.45) is 50.4. The molecule has 0 heterocycles. The van der Waals surface area contributed by atoms with E-state index in [1.54, 1.807) is 21.1 Å². The van der Waals surface area contributed by atoms with E-state index in [9.17, 15) is 19.5 Å². The number of likely N-dealkylation sites (N-methyl/N-ethyl adjacent to an activating group) is 1. The van der Waals surface area contributed by atoms with Gasteiger partial charge in [-0.2, -0.15) is 0 Å². The van der Waals surface area contributed by atoms with Crippen LogP contribution >= 0.6 is 0 Å². The number of allylic oxidation sites excluding steroid dienone is 14. The molecule has 324 valence electrons. The van der Waals surface area contributed by atoms with Crippen LogP contribution in [0.5, 0.6) is 0 Å². The summed E-state index contributed by atoms with van der Waals surface area (Å²) in [5.41, 5.74) is 0. The summed E-state index contributed by atoms with van der Waals surface area (Å²) in [7, 11) is 5.37. The quantitative estimate of drug-likeness (QED) is 0.0265. The smallest absolute Gasteiger partial charge is 0.306 e. The first-order valence-corrected chi connectivity index (χ1v) is 22.1. The van der Waals surface area contributed by atoms with Crippen LogP contribution in [0.3, 0.4) is 0 Å². The van der Waals surface area contributed by atoms with Crippen molar-refractivity contribution in [3.05, 3.63) is 85.1 Å². The monoisotopic (exact) mass is 796 g/mol. The Labute approximate surface area is 348 Å². The lowest BCUT2D eigenvalue weighted by Crippen LogP contribution is -2.55. The third-order valence-corrected chi connectivity index (χ3v) is 9.27. The van der Waals surface area contributed by atoms with Gasteiger partial charge in [-0.15, -0.1) is 0 Å². The van der Waals surface area contributed by atoms with E-state index < -0.39 is 18.1 Å². The van der Waals surface area contributed by atoms with E-state index in [-0.39, 0.29) is 49.1 Å². The third-order valence-electron chi connectivity index (χ3n) is 9.27. The van der Waals surface area contributed by atoms with Crippen LogP contribution < -0.4 is 5.11 Å². The van der Waals surface area contributed by atoms with E-state index >= 15 is 0 Å². The molecule has 0 N–H and O–H groups in total. The average Bonchev–Trinajstić information content (AvgIpc) is 3.17. The Bertz CT molecular complexity index is 1200. The summed E-state index contributed by atoms with van der Waals surface area (Å²) in [4.78, 5) is 36.8. The van der Waals surface area contributed by atoms with Crippen molar-refractivity contribution in [1.82, 2.24) is 0 Å². The van der Waals surface area contributed by atoms with E-state index in [0.29, 0.717) is 12.8 Å². The second-order valence-electron chi connectivity index (χ2n) is 15.5. The molecule has 57 heavy (non-hydrogen) atoms. The molecular weight excluding hydrogens is 715 g/mol. The highest BCUT2D eigenvalue weighted by atomic mass is 16.6. The molecule has 8 heteroatoms. The first-order chi connectivity index (χ1) is 27.6. The molecular formula is C49H81NO7. The Morgan fingerprint density at radius 2 is 0.982 bits per heavy atom. The Hall–Kier alpha value is -3.49. The molecule has 8 nitrogen and oxygen atoms in total. The summed E-state index contributed by atoms with van der Waals surface area (Å²) < 4.78 is 17.1. The number of quaternary nitrogens is 1. The summed E-state index contributed by atoms with van der Waals surface area (Å²) in [5.74, 6) is -1.82. The lowest BCUT2D eigenvalue weighted by Gasteiger charge is -2.34. The van der Waals surface area contributed by atoms with Crippen LogP contribution in [-0.2, 0) is 28.6 Å². The zero-order valence-electron chi connectivity index (χ0n) is 36.7. The van der Waals surface area contributed by atoms with E-state index in [4.69, 9.17) is 14.2 Å². The molecule has 0 radical (unpaired) electrons. The van der Waals surface area contributed by atoms with Gasteiger partial charge in [0, 0.05) is 19.3 Å². The van der Waals surface area contributed by atoms with Crippen LogP contribution in [0.4, 0.5) is 0 Å². The number of ether oxygens (including phenoxy) is 3. The molecule has 0 spiro atoms. The molecule has 0 aliphatic rings. The molecule has 0 aromatic rings. The number of carbonyl (C=O) groups is 3. The number of unbranched alkanes of at least 4 members (excludes halogenated alkanes) is 10. The molecule has 2 unspecified atom stereocenters. The van der Waals surface area contributed by atoms with Crippen LogP contribution in [0.2, 0.25) is 0 Å². The van der Waals surface area contributed by atoms with Crippen LogP contribution in [0.25, 0.3) is 0 Å². The summed E-state index contributed by atoms with van der Waals surface area (Å²) in [5, 5.41) is 11.6. The molecule has 0 saturated carbocycles. The minimum absolute atomic E-state index is 0.0134. The first-order valence-electron chi connectivity index (χ1n) is 22.1. The van der Waals surface area contributed by atoms with E-state index in [0.717, 1.165) is 89.9 Å². The minimum Gasteiger partial charge on any atom is -0.544 e. The number of carboxylic acid groups (broad SMARTS) is 1. The lowest BCUT2D eigenvalue weighted by molar-refractivity contribution is -0.889. The van der Waals surface area contributed by atoms with Crippen LogP contribution in [0, 0.1) is 0 Å². The molecule has 0 amide bonds. The Morgan fingerprint density at radius 3 is 1.49 bits per heavy atom. The predicted octanol–water partition coefficient (Wildman–Crippen LogP) is 10.8. The van der Waals surface area contributed by atoms with E-state index in [1.165, 1.54) is 25.7 Å². The van der Waals surface area contributed by atoms with Crippen molar-refractivity contribution >= 4 is 17.9 Å². The fraction of sp³-hybridized carbons (Fsp3) is 0.653. The van der Waals surface area contributed by atoms with Gasteiger partial charge in [-0.1, -0.05) is 131 Å². The fourth-order valence-corrected chi connectivity index (χ4v) is 5.83. The van der Waals surface area contributed by atoms with Crippen LogP contribution in [0.1, 0.15) is 155 Å². The standard InChI is InChI=1S/C49H81NO7/c1-6-8-10-12-14-16-18-20-21-22-23-24-25-26-27-28-30-32-34-36-38-40-48(52)57-45(43-55-42-41-46(49(53)54)50(3,4)5)44-56-47(51)39-37-35-33-31-29-19-17-15-13-11-9-7-2/h9,11,14-17,20-21,23-24,26-27,30,32,45-46H,6-8,10,12-13,18-19,22,25,28-29,31,33-44H2,1-5H3/b11-9+,16-14+,17-15+,21-20+,24-23+,27-26+,32-30+. The molecule has 0 aromatic heterocycles. The van der Waals surface area contributed by atoms with E-state index in [2.05, 4.69) is 98.9 Å². The highest BCUT2D eigenvalue weighted by Gasteiger charge is 2.25. The van der Waals surface area contributed by atoms with Gasteiger partial charge in [-0.05, 0) is 89.9 Å². The maximum atomic E-state index is 12.7. The molecule has 0 aliphatic carbocycles. The summed E-state index contributed by atoms with van der Waals surface area (Å²) in [6.45, 7) is 4.44. The molecule has 0 rings (SSSR count). The molecule has 2 atom stereocenters. The van der Waals surface area contributed by atoms with Gasteiger partial charge in [0.05, 0.1) is 40.3 Å². The summed E-state index contributed by atoms with van der Waals surface area (Å²) >= 11 is 0. The van der Waals surface area contributed by atoms with Gasteiger partial charge in [0.25, 0.3) is 0 Å². The van der Waals surface area contributed by atoms with Crippen molar-refractivity contribution in [2.75, 3.05) is 41.0 Å². The van der Waals surface area contributed by atoms with Gasteiger partial charge in [0.2, 0.25) is 0 Å². The van der Waals surface area contributed by atoms with Crippen molar-refractivity contribution in [2.45, 2.75) is 167 Å². The van der Waals surface area contributed by atoms with Gasteiger partial charge in [0.1, 0.15) is 12.6 Å². The topological polar surface area (TPSA) is 102 Å². The van der Waals surface area contributed by atoms with Gasteiger partial charge >= 0.3 is 11.9 Å². The molecule has 0 aliphatic heterocycles. The number of esters is 2. The second-order valence-corrected chi connectivity index (χ2v) is 15.5. The van der Waals surface area contributed by atoms with Gasteiger partial charge in [-0.25, -0.2) is 0 Å². The molecule has 0 saturated heterocycles. The van der Waals surface area contributed by atoms with Crippen molar-refractivity contribution in [2.24, 2.45) is 0 Å². The Morgan fingerprint density at radius 1 is 0.544 bits per heavy atom. The number of carboxylic acids is 1. The molecule has 0 bridgehead atoms. The number of hydrogen-bond donors (Lipinski definition) is 0. The number of nitrogens with zero attached hydrogens (tertiary/aromatic N) is 1. The number of carbonyl (C=O) groups excluding carboxylic acids is 3. The van der Waals surface area contributed by atoms with Gasteiger partial charge < -0.3 is 28.6 Å². The van der Waals surface area contributed by atoms with Crippen molar-refractivity contribution in [1.29, 1.82) is 0 Å². The Balaban J connectivity index is 4.45. The molecule has 0 aromatic carbocycles. The number of hydrogen-bond acceptors (Lipinski definition) is 7. The first kappa shape index (κ1) is 53.5. The Kier molecular flexibility index (Phi) is 36.9. The van der Waals surface area contributed by atoms with Crippen molar-refractivity contribution < 1.29 is 38.2 Å². The largest absolute Gasteiger partial charge is 0.544 e. The number of rotatable bonds is 38. The average molecular weight is 796 g/mol. The van der Waals surface area contributed by atoms with Crippen LogP contribution in [-0.4, -0.2) is 75.5 Å². The highest BCUT2D eigenvalue weighted by Crippen LogP contribution is 2.12. The van der Waals surface area contributed by atoms with E-state index in [1.807, 2.05) is 0 Å². The SMILES string of the molecule is CC/C=C/C/C=C/CCCCCCCC(=O)OCC(COCCC(C(=O)[O-])[N+](C)(C)C)OC(=O)CCCC/C=C/C/C=C/C/C=C/C/C=C/C/C=C/CCCCC. The van der Waals surface area contributed by atoms with Crippen molar-refractivity contribution in [3.63, 3.8) is 0 Å². The molecule has 0 fully saturated rings. The zero-order chi connectivity index (χ0) is 42.1. The summed E-state index contributed by atoms with van der Waals surface area (Å²) in [6, 6.07) is -0.740. The normalized spacial score (nSPS) is 13.8. The zero-order valence-corrected chi connectivity index (χ0v) is 36.7. The van der Waals surface area contributed by atoms with Gasteiger partial charge in [-0.3, -0.25) is 9.59 Å². The maximum Gasteiger partial charge on any atom is 0.306 e. The maximum absolute atomic E-state index is 12.7. The highest BCUT2D eigenvalue weighted by molar-refractivity contribution is 5.70. The van der Waals surface area contributed by atoms with Crippen LogP contribution in [0.15, 0.2) is 85.1 Å². The second kappa shape index (κ2) is 39.3. The minimum atomic E-state index is -1.14. The third kappa shape index (κ3) is 37.8. The lowest BCUT2D eigenvalue weighted by atomic mass is 10.1. The van der Waals surface area contributed by atoms with Crippen molar-refractivity contribution in [3.8, 4) is 0 Å². The predicted molar refractivity (Wildman–Crippen MR) is 235 cm³/mol. The van der Waals surface area contributed by atoms with Gasteiger partial charge in [0.15, 0.2) is 6.10 Å².